The summed E-state index contributed by atoms with van der Waals surface area (Å²) in [5.74, 6) is -0.0464. The first kappa shape index (κ1) is 15.7. The molecular weight excluding hydrogens is 362 g/mol. The Balaban J connectivity index is 2.34. The molecule has 0 heterocycles. The number of unbranched alkanes of at least 4 members (excludes halogenated alkanes) is 2. The van der Waals surface area contributed by atoms with Gasteiger partial charge in [0.2, 0.25) is 0 Å². The van der Waals surface area contributed by atoms with Gasteiger partial charge in [0.1, 0.15) is 0 Å². The van der Waals surface area contributed by atoms with Crippen LogP contribution in [0.1, 0.15) is 29.6 Å². The fourth-order valence-electron chi connectivity index (χ4n) is 1.52. The highest BCUT2D eigenvalue weighted by Gasteiger charge is 2.09. The Morgan fingerprint density at radius 3 is 2.78 bits per heavy atom. The normalized spacial score (nSPS) is 10.4. The maximum absolute atomic E-state index is 11.9. The van der Waals surface area contributed by atoms with E-state index in [1.165, 1.54) is 0 Å². The summed E-state index contributed by atoms with van der Waals surface area (Å²) >= 11 is 6.74. The second-order valence-corrected chi connectivity index (χ2v) is 5.70. The highest BCUT2D eigenvalue weighted by Crippen LogP contribution is 2.21. The first-order chi connectivity index (χ1) is 8.65. The van der Waals surface area contributed by atoms with E-state index in [1.807, 2.05) is 18.2 Å². The van der Waals surface area contributed by atoms with Crippen LogP contribution in [0.15, 0.2) is 27.1 Å². The average Bonchev–Trinajstić information content (AvgIpc) is 2.36. The third-order valence-electron chi connectivity index (χ3n) is 2.48. The molecule has 0 aromatic heterocycles. The molecule has 0 saturated carbocycles. The van der Waals surface area contributed by atoms with Crippen LogP contribution in [-0.4, -0.2) is 26.2 Å². The molecule has 0 saturated heterocycles. The van der Waals surface area contributed by atoms with Crippen LogP contribution in [0, 0.1) is 0 Å². The van der Waals surface area contributed by atoms with Crippen LogP contribution < -0.4 is 5.32 Å². The molecule has 0 radical (unpaired) electrons. The van der Waals surface area contributed by atoms with Crippen LogP contribution in [0.2, 0.25) is 0 Å². The van der Waals surface area contributed by atoms with Crippen molar-refractivity contribution in [3.8, 4) is 0 Å². The maximum atomic E-state index is 11.9. The van der Waals surface area contributed by atoms with E-state index in [0.717, 1.165) is 34.8 Å². The number of amides is 1. The first-order valence-corrected chi connectivity index (χ1v) is 7.46. The maximum Gasteiger partial charge on any atom is 0.252 e. The summed E-state index contributed by atoms with van der Waals surface area (Å²) in [5, 5.41) is 2.91. The molecule has 18 heavy (non-hydrogen) atoms. The summed E-state index contributed by atoms with van der Waals surface area (Å²) < 4.78 is 6.68. The lowest BCUT2D eigenvalue weighted by molar-refractivity contribution is 0.0952. The topological polar surface area (TPSA) is 38.3 Å². The van der Waals surface area contributed by atoms with E-state index >= 15 is 0 Å². The highest BCUT2D eigenvalue weighted by molar-refractivity contribution is 9.11. The predicted molar refractivity (Wildman–Crippen MR) is 79.9 cm³/mol. The van der Waals surface area contributed by atoms with E-state index in [-0.39, 0.29) is 5.91 Å². The minimum absolute atomic E-state index is 0.0464. The molecule has 0 atom stereocenters. The first-order valence-electron chi connectivity index (χ1n) is 5.87. The van der Waals surface area contributed by atoms with E-state index in [1.54, 1.807) is 7.11 Å². The number of hydrogen-bond acceptors (Lipinski definition) is 2. The molecule has 1 amide bonds. The fourth-order valence-corrected chi connectivity index (χ4v) is 2.30. The smallest absolute Gasteiger partial charge is 0.252 e. The van der Waals surface area contributed by atoms with Gasteiger partial charge in [-0.05, 0) is 53.4 Å². The number of methoxy groups -OCH3 is 1. The molecule has 0 unspecified atom stereocenters. The van der Waals surface area contributed by atoms with Crippen LogP contribution >= 0.6 is 31.9 Å². The van der Waals surface area contributed by atoms with Gasteiger partial charge in [0, 0.05) is 29.2 Å². The van der Waals surface area contributed by atoms with Gasteiger partial charge in [-0.1, -0.05) is 15.9 Å². The zero-order valence-electron chi connectivity index (χ0n) is 10.3. The van der Waals surface area contributed by atoms with Crippen molar-refractivity contribution < 1.29 is 9.53 Å². The van der Waals surface area contributed by atoms with Crippen molar-refractivity contribution in [3.63, 3.8) is 0 Å². The Morgan fingerprint density at radius 2 is 2.06 bits per heavy atom. The number of nitrogens with one attached hydrogen (secondary N) is 1. The van der Waals surface area contributed by atoms with Crippen LogP contribution in [0.5, 0.6) is 0 Å². The largest absolute Gasteiger partial charge is 0.385 e. The van der Waals surface area contributed by atoms with Crippen molar-refractivity contribution in [3.05, 3.63) is 32.7 Å². The van der Waals surface area contributed by atoms with Gasteiger partial charge in [-0.15, -0.1) is 0 Å². The Kier molecular flexibility index (Phi) is 7.54. The van der Waals surface area contributed by atoms with Gasteiger partial charge in [0.25, 0.3) is 5.91 Å². The average molecular weight is 379 g/mol. The fraction of sp³-hybridized carbons (Fsp3) is 0.462. The molecule has 5 heteroatoms. The lowest BCUT2D eigenvalue weighted by Gasteiger charge is -2.07. The SMILES string of the molecule is COCCCCCNC(=O)c1cc(Br)ccc1Br. The number of carbonyl (C=O) groups is 1. The zero-order valence-corrected chi connectivity index (χ0v) is 13.5. The highest BCUT2D eigenvalue weighted by atomic mass is 79.9. The third-order valence-corrected chi connectivity index (χ3v) is 3.67. The van der Waals surface area contributed by atoms with Crippen LogP contribution in [0.4, 0.5) is 0 Å². The second-order valence-electron chi connectivity index (χ2n) is 3.93. The van der Waals surface area contributed by atoms with Crippen molar-refractivity contribution >= 4 is 37.8 Å². The molecule has 0 aliphatic heterocycles. The van der Waals surface area contributed by atoms with Crippen molar-refractivity contribution in [1.82, 2.24) is 5.32 Å². The minimum Gasteiger partial charge on any atom is -0.385 e. The Labute approximate surface area is 125 Å². The number of benzene rings is 1. The Morgan fingerprint density at radius 1 is 1.28 bits per heavy atom. The second kappa shape index (κ2) is 8.67. The molecule has 0 fully saturated rings. The quantitative estimate of drug-likeness (QED) is 0.733. The molecular formula is C13H17Br2NO2. The number of halogens is 2. The van der Waals surface area contributed by atoms with Gasteiger partial charge in [-0.3, -0.25) is 4.79 Å². The summed E-state index contributed by atoms with van der Waals surface area (Å²) in [6, 6.07) is 5.56. The molecule has 1 rings (SSSR count). The van der Waals surface area contributed by atoms with Gasteiger partial charge in [-0.2, -0.15) is 0 Å². The molecule has 0 bridgehead atoms. The number of rotatable bonds is 7. The van der Waals surface area contributed by atoms with E-state index in [2.05, 4.69) is 37.2 Å². The third kappa shape index (κ3) is 5.50. The number of ether oxygens (including phenoxy) is 1. The summed E-state index contributed by atoms with van der Waals surface area (Å²) in [6.45, 7) is 1.48. The standard InChI is InChI=1S/C13H17Br2NO2/c1-18-8-4-2-3-7-16-13(17)11-9-10(14)5-6-12(11)15/h5-6,9H,2-4,7-8H2,1H3,(H,16,17). The van der Waals surface area contributed by atoms with Crippen LogP contribution in [-0.2, 0) is 4.74 Å². The summed E-state index contributed by atoms with van der Waals surface area (Å²) in [7, 11) is 1.70. The van der Waals surface area contributed by atoms with Crippen molar-refractivity contribution in [2.24, 2.45) is 0 Å². The monoisotopic (exact) mass is 377 g/mol. The molecule has 0 aliphatic carbocycles. The van der Waals surface area contributed by atoms with Crippen LogP contribution in [0.3, 0.4) is 0 Å². The zero-order chi connectivity index (χ0) is 13.4. The molecule has 1 N–H and O–H groups in total. The summed E-state index contributed by atoms with van der Waals surface area (Å²) in [5.41, 5.74) is 0.654. The predicted octanol–water partition coefficient (Wildman–Crippen LogP) is 3.76. The van der Waals surface area contributed by atoms with E-state index in [0.29, 0.717) is 12.1 Å². The van der Waals surface area contributed by atoms with Crippen molar-refractivity contribution in [1.29, 1.82) is 0 Å². The van der Waals surface area contributed by atoms with Crippen molar-refractivity contribution in [2.75, 3.05) is 20.3 Å². The Bertz CT molecular complexity index is 397. The summed E-state index contributed by atoms with van der Waals surface area (Å²) in [6.07, 6.45) is 3.07. The molecule has 0 aliphatic rings. The molecule has 3 nitrogen and oxygen atoms in total. The molecule has 0 spiro atoms. The molecule has 1 aromatic carbocycles. The van der Waals surface area contributed by atoms with Gasteiger partial charge in [-0.25, -0.2) is 0 Å². The Hall–Kier alpha value is -0.390. The summed E-state index contributed by atoms with van der Waals surface area (Å²) in [4.78, 5) is 11.9. The lowest BCUT2D eigenvalue weighted by Crippen LogP contribution is -2.24. The molecule has 100 valence electrons. The number of hydrogen-bond donors (Lipinski definition) is 1. The van der Waals surface area contributed by atoms with Crippen LogP contribution in [0.25, 0.3) is 0 Å². The van der Waals surface area contributed by atoms with E-state index in [4.69, 9.17) is 4.74 Å². The number of carbonyl (C=O) groups excluding carboxylic acids is 1. The minimum atomic E-state index is -0.0464. The van der Waals surface area contributed by atoms with E-state index < -0.39 is 0 Å². The van der Waals surface area contributed by atoms with Gasteiger partial charge in [0.05, 0.1) is 5.56 Å². The molecule has 1 aromatic rings. The lowest BCUT2D eigenvalue weighted by atomic mass is 10.2. The van der Waals surface area contributed by atoms with E-state index in [9.17, 15) is 4.79 Å². The van der Waals surface area contributed by atoms with Gasteiger partial charge < -0.3 is 10.1 Å². The van der Waals surface area contributed by atoms with Gasteiger partial charge in [0.15, 0.2) is 0 Å². The van der Waals surface area contributed by atoms with Crippen molar-refractivity contribution in [2.45, 2.75) is 19.3 Å². The van der Waals surface area contributed by atoms with Gasteiger partial charge >= 0.3 is 0 Å².